The number of fused-ring (bicyclic) bond motifs is 3. The Labute approximate surface area is 189 Å². The molecule has 0 bridgehead atoms. The third kappa shape index (κ3) is 5.67. The summed E-state index contributed by atoms with van der Waals surface area (Å²) in [7, 11) is 1.78. The van der Waals surface area contributed by atoms with Crippen molar-refractivity contribution >= 4 is 39.6 Å². The van der Waals surface area contributed by atoms with Gasteiger partial charge in [0.15, 0.2) is 5.15 Å². The number of carbonyl (C=O) groups excluding carboxylic acids is 1. The molecular weight excluding hydrogens is 412 g/mol. The van der Waals surface area contributed by atoms with Crippen LogP contribution in [0.2, 0.25) is 5.15 Å². The smallest absolute Gasteiger partial charge is 0.410 e. The second-order valence-electron chi connectivity index (χ2n) is 9.01. The molecule has 2 heterocycles. The van der Waals surface area contributed by atoms with Crippen LogP contribution in [-0.4, -0.2) is 44.7 Å². The van der Waals surface area contributed by atoms with Crippen LogP contribution in [-0.2, 0) is 17.7 Å². The summed E-state index contributed by atoms with van der Waals surface area (Å²) in [5, 5.41) is 1.53. The van der Waals surface area contributed by atoms with Crippen molar-refractivity contribution in [3.05, 3.63) is 35.2 Å². The molecule has 0 aliphatic rings. The van der Waals surface area contributed by atoms with Gasteiger partial charge in [0.05, 0.1) is 11.0 Å². The van der Waals surface area contributed by atoms with Crippen LogP contribution in [0.15, 0.2) is 24.3 Å². The quantitative estimate of drug-likeness (QED) is 0.305. The molecule has 7 heteroatoms. The Bertz CT molecular complexity index is 1060. The van der Waals surface area contributed by atoms with Crippen molar-refractivity contribution in [2.45, 2.75) is 71.9 Å². The number of para-hydroxylation sites is 1. The maximum absolute atomic E-state index is 12.2. The number of imidazole rings is 1. The summed E-state index contributed by atoms with van der Waals surface area (Å²) in [6.45, 7) is 9.29. The molecule has 3 aromatic rings. The number of halogens is 1. The molecule has 0 radical (unpaired) electrons. The molecule has 0 fully saturated rings. The van der Waals surface area contributed by atoms with Crippen molar-refractivity contribution in [3.8, 4) is 0 Å². The van der Waals surface area contributed by atoms with Crippen LogP contribution in [0, 0.1) is 0 Å². The normalized spacial score (nSPS) is 11.9. The lowest BCUT2D eigenvalue weighted by Crippen LogP contribution is -2.34. The highest BCUT2D eigenvalue weighted by atomic mass is 35.5. The van der Waals surface area contributed by atoms with Gasteiger partial charge in [-0.05, 0) is 46.1 Å². The van der Waals surface area contributed by atoms with Gasteiger partial charge in [-0.1, -0.05) is 43.1 Å². The van der Waals surface area contributed by atoms with Gasteiger partial charge in [-0.25, -0.2) is 14.8 Å². The zero-order valence-corrected chi connectivity index (χ0v) is 20.0. The Morgan fingerprint density at radius 3 is 2.61 bits per heavy atom. The van der Waals surface area contributed by atoms with Crippen LogP contribution in [0.3, 0.4) is 0 Å². The number of ether oxygens (including phenoxy) is 1. The monoisotopic (exact) mass is 444 g/mol. The molecule has 31 heavy (non-hydrogen) atoms. The fourth-order valence-corrected chi connectivity index (χ4v) is 3.89. The Hall–Kier alpha value is -2.34. The molecule has 0 aliphatic heterocycles. The van der Waals surface area contributed by atoms with Crippen LogP contribution >= 0.6 is 11.6 Å². The third-order valence-corrected chi connectivity index (χ3v) is 5.47. The summed E-state index contributed by atoms with van der Waals surface area (Å²) in [4.78, 5) is 23.2. The van der Waals surface area contributed by atoms with Gasteiger partial charge in [0, 0.05) is 31.9 Å². The van der Waals surface area contributed by atoms with E-state index in [-0.39, 0.29) is 6.09 Å². The average molecular weight is 445 g/mol. The van der Waals surface area contributed by atoms with E-state index in [0.717, 1.165) is 66.4 Å². The molecule has 0 unspecified atom stereocenters. The van der Waals surface area contributed by atoms with Crippen LogP contribution in [0.4, 0.5) is 4.79 Å². The topological polar surface area (TPSA) is 60.2 Å². The first-order chi connectivity index (χ1) is 14.7. The Morgan fingerprint density at radius 1 is 1.16 bits per heavy atom. The molecule has 168 valence electrons. The van der Waals surface area contributed by atoms with E-state index in [1.54, 1.807) is 11.9 Å². The fourth-order valence-electron chi connectivity index (χ4n) is 3.66. The second-order valence-corrected chi connectivity index (χ2v) is 9.37. The van der Waals surface area contributed by atoms with Gasteiger partial charge in [0.25, 0.3) is 0 Å². The molecule has 0 spiro atoms. The Kier molecular flexibility index (Phi) is 7.42. The molecule has 1 aromatic carbocycles. The van der Waals surface area contributed by atoms with Crippen molar-refractivity contribution in [1.82, 2.24) is 19.4 Å². The zero-order chi connectivity index (χ0) is 22.6. The molecule has 1 amide bonds. The van der Waals surface area contributed by atoms with Gasteiger partial charge in [-0.3, -0.25) is 0 Å². The standard InChI is InChI=1S/C24H33ClN4O2/c1-6-7-14-19-27-20-21(17-12-8-9-13-18(17)26-22(20)25)29(19)16-11-10-15-28(5)23(30)31-24(2,3)4/h8-9,12-13H,6-7,10-11,14-16H2,1-5H3. The van der Waals surface area contributed by atoms with Gasteiger partial charge in [0.1, 0.15) is 16.9 Å². The highest BCUT2D eigenvalue weighted by Crippen LogP contribution is 2.30. The summed E-state index contributed by atoms with van der Waals surface area (Å²) >= 11 is 6.50. The number of aromatic nitrogens is 3. The van der Waals surface area contributed by atoms with Crippen molar-refractivity contribution in [2.24, 2.45) is 0 Å². The molecule has 0 saturated carbocycles. The van der Waals surface area contributed by atoms with Gasteiger partial charge in [0.2, 0.25) is 0 Å². The zero-order valence-electron chi connectivity index (χ0n) is 19.2. The first-order valence-electron chi connectivity index (χ1n) is 11.1. The Morgan fingerprint density at radius 2 is 1.90 bits per heavy atom. The van der Waals surface area contributed by atoms with Crippen LogP contribution in [0.1, 0.15) is 59.2 Å². The van der Waals surface area contributed by atoms with Crippen molar-refractivity contribution in [3.63, 3.8) is 0 Å². The molecule has 0 saturated heterocycles. The van der Waals surface area contributed by atoms with Crippen LogP contribution in [0.25, 0.3) is 21.9 Å². The van der Waals surface area contributed by atoms with Crippen LogP contribution < -0.4 is 0 Å². The van der Waals surface area contributed by atoms with E-state index in [2.05, 4.69) is 22.5 Å². The molecule has 0 N–H and O–H groups in total. The summed E-state index contributed by atoms with van der Waals surface area (Å²) in [5.74, 6) is 1.05. The minimum Gasteiger partial charge on any atom is -0.444 e. The highest BCUT2D eigenvalue weighted by Gasteiger charge is 2.20. The molecule has 0 atom stereocenters. The number of hydrogen-bond acceptors (Lipinski definition) is 4. The predicted octanol–water partition coefficient (Wildman–Crippen LogP) is 6.23. The molecule has 3 rings (SSSR count). The number of benzene rings is 1. The number of hydrogen-bond donors (Lipinski definition) is 0. The number of amides is 1. The first kappa shape index (κ1) is 23.3. The molecule has 0 aliphatic carbocycles. The SMILES string of the molecule is CCCCc1nc2c(Cl)nc3ccccc3c2n1CCCCN(C)C(=O)OC(C)(C)C. The van der Waals surface area contributed by atoms with Crippen molar-refractivity contribution in [1.29, 1.82) is 0 Å². The minimum absolute atomic E-state index is 0.284. The molecule has 2 aromatic heterocycles. The number of aryl methyl sites for hydroxylation is 2. The van der Waals surface area contributed by atoms with Crippen molar-refractivity contribution in [2.75, 3.05) is 13.6 Å². The summed E-state index contributed by atoms with van der Waals surface area (Å²) in [6, 6.07) is 8.07. The van der Waals surface area contributed by atoms with E-state index >= 15 is 0 Å². The van der Waals surface area contributed by atoms with Gasteiger partial charge in [-0.2, -0.15) is 0 Å². The predicted molar refractivity (Wildman–Crippen MR) is 127 cm³/mol. The number of pyridine rings is 1. The number of unbranched alkanes of at least 4 members (excludes halogenated alkanes) is 2. The van der Waals surface area contributed by atoms with E-state index in [4.69, 9.17) is 21.3 Å². The highest BCUT2D eigenvalue weighted by molar-refractivity contribution is 6.35. The summed E-state index contributed by atoms with van der Waals surface area (Å²) in [5.41, 5.74) is 2.23. The maximum Gasteiger partial charge on any atom is 0.410 e. The number of rotatable bonds is 8. The minimum atomic E-state index is -0.483. The van der Waals surface area contributed by atoms with E-state index in [0.29, 0.717) is 11.7 Å². The lowest BCUT2D eigenvalue weighted by atomic mass is 10.2. The van der Waals surface area contributed by atoms with E-state index in [1.807, 2.05) is 39.0 Å². The van der Waals surface area contributed by atoms with E-state index in [9.17, 15) is 4.79 Å². The summed E-state index contributed by atoms with van der Waals surface area (Å²) < 4.78 is 7.73. The van der Waals surface area contributed by atoms with Crippen LogP contribution in [0.5, 0.6) is 0 Å². The van der Waals surface area contributed by atoms with Gasteiger partial charge >= 0.3 is 6.09 Å². The lowest BCUT2D eigenvalue weighted by Gasteiger charge is -2.24. The molecule has 6 nitrogen and oxygen atoms in total. The average Bonchev–Trinajstić information content (AvgIpc) is 3.07. The number of carbonyl (C=O) groups is 1. The number of nitrogens with zero attached hydrogens (tertiary/aromatic N) is 4. The fraction of sp³-hybridized carbons (Fsp3) is 0.542. The van der Waals surface area contributed by atoms with Gasteiger partial charge < -0.3 is 14.2 Å². The Balaban J connectivity index is 1.79. The first-order valence-corrected chi connectivity index (χ1v) is 11.5. The second kappa shape index (κ2) is 9.86. The maximum atomic E-state index is 12.2. The van der Waals surface area contributed by atoms with E-state index < -0.39 is 5.60 Å². The van der Waals surface area contributed by atoms with E-state index in [1.165, 1.54) is 0 Å². The largest absolute Gasteiger partial charge is 0.444 e. The lowest BCUT2D eigenvalue weighted by molar-refractivity contribution is 0.0296. The van der Waals surface area contributed by atoms with Gasteiger partial charge in [-0.15, -0.1) is 0 Å². The third-order valence-electron chi connectivity index (χ3n) is 5.20. The van der Waals surface area contributed by atoms with Crippen molar-refractivity contribution < 1.29 is 9.53 Å². The summed E-state index contributed by atoms with van der Waals surface area (Å²) in [6.07, 6.45) is 4.61. The molecular formula is C24H33ClN4O2.